The van der Waals surface area contributed by atoms with Crippen LogP contribution in [0.4, 0.5) is 13.2 Å². The lowest BCUT2D eigenvalue weighted by molar-refractivity contribution is -0.145. The number of alkyl halides is 3. The van der Waals surface area contributed by atoms with E-state index in [1.807, 2.05) is 0 Å². The van der Waals surface area contributed by atoms with Gasteiger partial charge >= 0.3 is 12.1 Å². The maximum absolute atomic E-state index is 12.7. The molecule has 0 spiro atoms. The second-order valence-corrected chi connectivity index (χ2v) is 3.66. The molecule has 1 heterocycles. The molecular formula is C12H12F3NO3. The molecule has 0 saturated carbocycles. The normalized spacial score (nSPS) is 11.2. The number of rotatable bonds is 4. The third kappa shape index (κ3) is 3.70. The quantitative estimate of drug-likeness (QED) is 0.623. The lowest BCUT2D eigenvalue weighted by Crippen LogP contribution is -2.29. The topological polar surface area (TPSA) is 48.3 Å². The number of pyridine rings is 1. The minimum Gasteiger partial charge on any atom is -0.463 e. The number of aromatic nitrogens is 1. The van der Waals surface area contributed by atoms with Gasteiger partial charge in [0.25, 0.3) is 5.56 Å². The van der Waals surface area contributed by atoms with E-state index in [9.17, 15) is 22.8 Å². The number of hydrogen-bond donors (Lipinski definition) is 0. The molecule has 0 aliphatic rings. The highest BCUT2D eigenvalue weighted by Crippen LogP contribution is 2.28. The number of carbonyl (C=O) groups is 1. The molecule has 0 aliphatic carbocycles. The van der Waals surface area contributed by atoms with Gasteiger partial charge in [0.2, 0.25) is 0 Å². The first kappa shape index (κ1) is 15.0. The zero-order chi connectivity index (χ0) is 14.6. The van der Waals surface area contributed by atoms with Crippen LogP contribution in [0.2, 0.25) is 0 Å². The van der Waals surface area contributed by atoms with Crippen molar-refractivity contribution in [1.29, 1.82) is 0 Å². The molecule has 0 bridgehead atoms. The molecule has 0 N–H and O–H groups in total. The lowest BCUT2D eigenvalue weighted by Gasteiger charge is -2.15. The van der Waals surface area contributed by atoms with E-state index in [1.54, 1.807) is 6.92 Å². The van der Waals surface area contributed by atoms with Crippen LogP contribution in [-0.2, 0) is 22.3 Å². The summed E-state index contributed by atoms with van der Waals surface area (Å²) < 4.78 is 43.2. The number of halogens is 3. The average Bonchev–Trinajstić information content (AvgIpc) is 2.30. The Labute approximate surface area is 107 Å². The maximum atomic E-state index is 12.7. The van der Waals surface area contributed by atoms with Crippen molar-refractivity contribution in [3.63, 3.8) is 0 Å². The predicted octanol–water partition coefficient (Wildman–Crippen LogP) is 1.99. The maximum Gasteiger partial charge on any atom is 0.431 e. The van der Waals surface area contributed by atoms with Gasteiger partial charge in [0.15, 0.2) is 0 Å². The zero-order valence-corrected chi connectivity index (χ0v) is 10.2. The van der Waals surface area contributed by atoms with Gasteiger partial charge in [0.05, 0.1) is 13.2 Å². The minimum absolute atomic E-state index is 0.0771. The van der Waals surface area contributed by atoms with Gasteiger partial charge in [-0.15, -0.1) is 0 Å². The van der Waals surface area contributed by atoms with Crippen molar-refractivity contribution in [2.45, 2.75) is 19.6 Å². The molecule has 0 atom stereocenters. The van der Waals surface area contributed by atoms with Crippen molar-refractivity contribution in [3.05, 3.63) is 46.4 Å². The van der Waals surface area contributed by atoms with Crippen LogP contribution in [0.25, 0.3) is 0 Å². The van der Waals surface area contributed by atoms with Gasteiger partial charge in [0, 0.05) is 11.6 Å². The molecule has 0 fully saturated rings. The van der Waals surface area contributed by atoms with E-state index in [1.165, 1.54) is 0 Å². The minimum atomic E-state index is -4.69. The number of nitrogens with zero attached hydrogens (tertiary/aromatic N) is 1. The van der Waals surface area contributed by atoms with Gasteiger partial charge in [0.1, 0.15) is 5.69 Å². The standard InChI is InChI=1S/C12H12F3NO3/c1-3-19-11(18)8(2)7-16-9(12(13,14)15)5-4-6-10(16)17/h4-6H,2-3,7H2,1H3. The second kappa shape index (κ2) is 5.73. The SMILES string of the molecule is C=C(Cn1c(C(F)(F)F)cccc1=O)C(=O)OCC. The Morgan fingerprint density at radius 1 is 1.42 bits per heavy atom. The highest BCUT2D eigenvalue weighted by molar-refractivity contribution is 5.87. The molecule has 0 unspecified atom stereocenters. The Morgan fingerprint density at radius 2 is 2.05 bits per heavy atom. The fraction of sp³-hybridized carbons (Fsp3) is 0.333. The van der Waals surface area contributed by atoms with Crippen molar-refractivity contribution in [1.82, 2.24) is 4.57 Å². The zero-order valence-electron chi connectivity index (χ0n) is 10.2. The molecule has 1 aromatic heterocycles. The molecule has 1 aromatic rings. The van der Waals surface area contributed by atoms with Crippen LogP contribution in [0.3, 0.4) is 0 Å². The van der Waals surface area contributed by atoms with Gasteiger partial charge < -0.3 is 4.74 Å². The number of esters is 1. The summed E-state index contributed by atoms with van der Waals surface area (Å²) in [5.74, 6) is -0.827. The first-order valence-corrected chi connectivity index (χ1v) is 5.39. The molecule has 0 saturated heterocycles. The number of carbonyl (C=O) groups excluding carboxylic acids is 1. The van der Waals surface area contributed by atoms with Crippen molar-refractivity contribution >= 4 is 5.97 Å². The Bertz CT molecular complexity index is 546. The largest absolute Gasteiger partial charge is 0.463 e. The van der Waals surface area contributed by atoms with Gasteiger partial charge in [-0.25, -0.2) is 4.79 Å². The fourth-order valence-corrected chi connectivity index (χ4v) is 1.42. The van der Waals surface area contributed by atoms with Gasteiger partial charge in [-0.3, -0.25) is 9.36 Å². The molecule has 0 radical (unpaired) electrons. The summed E-state index contributed by atoms with van der Waals surface area (Å²) in [6.07, 6.45) is -4.69. The smallest absolute Gasteiger partial charge is 0.431 e. The van der Waals surface area contributed by atoms with E-state index < -0.39 is 29.9 Å². The van der Waals surface area contributed by atoms with E-state index in [0.29, 0.717) is 4.57 Å². The van der Waals surface area contributed by atoms with Crippen LogP contribution >= 0.6 is 0 Å². The van der Waals surface area contributed by atoms with Gasteiger partial charge in [-0.05, 0) is 13.0 Å². The molecule has 7 heteroatoms. The van der Waals surface area contributed by atoms with Crippen LogP contribution in [-0.4, -0.2) is 17.1 Å². The van der Waals surface area contributed by atoms with Crippen LogP contribution < -0.4 is 5.56 Å². The molecule has 1 rings (SSSR count). The summed E-state index contributed by atoms with van der Waals surface area (Å²) in [6.45, 7) is 4.40. The first-order valence-electron chi connectivity index (χ1n) is 5.39. The number of hydrogen-bond acceptors (Lipinski definition) is 3. The molecular weight excluding hydrogens is 263 g/mol. The average molecular weight is 275 g/mol. The van der Waals surface area contributed by atoms with Crippen LogP contribution in [0.1, 0.15) is 12.6 Å². The summed E-state index contributed by atoms with van der Waals surface area (Å²) in [6, 6.07) is 2.75. The summed E-state index contributed by atoms with van der Waals surface area (Å²) >= 11 is 0. The third-order valence-electron chi connectivity index (χ3n) is 2.25. The molecule has 0 aromatic carbocycles. The van der Waals surface area contributed by atoms with E-state index in [4.69, 9.17) is 0 Å². The highest BCUT2D eigenvalue weighted by Gasteiger charge is 2.34. The summed E-state index contributed by atoms with van der Waals surface area (Å²) in [4.78, 5) is 22.8. The Morgan fingerprint density at radius 3 is 2.58 bits per heavy atom. The van der Waals surface area contributed by atoms with E-state index in [2.05, 4.69) is 11.3 Å². The van der Waals surface area contributed by atoms with Crippen LogP contribution in [0.15, 0.2) is 35.1 Å². The van der Waals surface area contributed by atoms with Crippen molar-refractivity contribution in [3.8, 4) is 0 Å². The third-order valence-corrected chi connectivity index (χ3v) is 2.25. The van der Waals surface area contributed by atoms with Gasteiger partial charge in [-0.1, -0.05) is 12.6 Å². The van der Waals surface area contributed by atoms with Crippen LogP contribution in [0, 0.1) is 0 Å². The second-order valence-electron chi connectivity index (χ2n) is 3.66. The Hall–Kier alpha value is -2.05. The summed E-state index contributed by atoms with van der Waals surface area (Å²) in [5, 5.41) is 0. The van der Waals surface area contributed by atoms with Crippen molar-refractivity contribution < 1.29 is 22.7 Å². The monoisotopic (exact) mass is 275 g/mol. The fourth-order valence-electron chi connectivity index (χ4n) is 1.42. The summed E-state index contributed by atoms with van der Waals surface area (Å²) in [5.41, 5.74) is -2.22. The molecule has 104 valence electrons. The Balaban J connectivity index is 3.11. The number of ether oxygens (including phenoxy) is 1. The molecule has 0 amide bonds. The first-order chi connectivity index (χ1) is 8.77. The van der Waals surface area contributed by atoms with Gasteiger partial charge in [-0.2, -0.15) is 13.2 Å². The summed E-state index contributed by atoms with van der Waals surface area (Å²) in [7, 11) is 0. The van der Waals surface area contributed by atoms with Crippen molar-refractivity contribution in [2.75, 3.05) is 6.61 Å². The Kier molecular flexibility index (Phi) is 4.52. The van der Waals surface area contributed by atoms with E-state index >= 15 is 0 Å². The molecule has 19 heavy (non-hydrogen) atoms. The molecule has 4 nitrogen and oxygen atoms in total. The lowest BCUT2D eigenvalue weighted by atomic mass is 10.2. The van der Waals surface area contributed by atoms with E-state index in [0.717, 1.165) is 18.2 Å². The van der Waals surface area contributed by atoms with Crippen LogP contribution in [0.5, 0.6) is 0 Å². The predicted molar refractivity (Wildman–Crippen MR) is 61.5 cm³/mol. The van der Waals surface area contributed by atoms with E-state index in [-0.39, 0.29) is 12.2 Å². The van der Waals surface area contributed by atoms with Crippen molar-refractivity contribution in [2.24, 2.45) is 0 Å². The molecule has 0 aliphatic heterocycles. The highest BCUT2D eigenvalue weighted by atomic mass is 19.4.